The van der Waals surface area contributed by atoms with Gasteiger partial charge in [0.05, 0.1) is 5.54 Å². The third-order valence-corrected chi connectivity index (χ3v) is 9.02. The Morgan fingerprint density at radius 2 is 1.05 bits per heavy atom. The molecule has 1 aromatic heterocycles. The smallest absolute Gasteiger partial charge is 0.230 e. The molecule has 0 radical (unpaired) electrons. The lowest BCUT2D eigenvalue weighted by Crippen LogP contribution is -2.64. The summed E-state index contributed by atoms with van der Waals surface area (Å²) in [6.07, 6.45) is 6.14. The second kappa shape index (κ2) is 10.5. The number of piperidine rings is 2. The third kappa shape index (κ3) is 6.61. The summed E-state index contributed by atoms with van der Waals surface area (Å²) in [7, 11) is 8.53. The van der Waals surface area contributed by atoms with Crippen LogP contribution in [-0.2, 0) is 5.54 Å². The van der Waals surface area contributed by atoms with Crippen LogP contribution < -0.4 is 20.4 Å². The molecule has 0 aromatic carbocycles. The first-order chi connectivity index (χ1) is 17.3. The molecule has 2 saturated heterocycles. The van der Waals surface area contributed by atoms with Crippen molar-refractivity contribution in [2.24, 2.45) is 0 Å². The van der Waals surface area contributed by atoms with Gasteiger partial charge in [-0.15, -0.1) is 0 Å². The monoisotopic (exact) mass is 530 g/mol. The minimum Gasteiger partial charge on any atom is -0.347 e. The molecule has 2 aliphatic rings. The van der Waals surface area contributed by atoms with Gasteiger partial charge >= 0.3 is 0 Å². The maximum absolute atomic E-state index is 5.29. The standard InChI is InChI=1S/C30H58N8/c1-15-30(16-2,38(14)22-19-28(7,8)35-29(9,10)20-22)23-31-24(36(11)12)33-25(32-23)37(13)21-17-26(3,4)34-27(5,6)18-21/h21-22,34-35H,15-20H2,1-14H3. The van der Waals surface area contributed by atoms with Crippen molar-refractivity contribution in [2.45, 2.75) is 148 Å². The lowest BCUT2D eigenvalue weighted by molar-refractivity contribution is -0.00344. The molecule has 218 valence electrons. The van der Waals surface area contributed by atoms with Crippen molar-refractivity contribution in [3.8, 4) is 0 Å². The lowest BCUT2D eigenvalue weighted by Gasteiger charge is -2.53. The molecule has 0 atom stereocenters. The van der Waals surface area contributed by atoms with Gasteiger partial charge in [-0.05, 0) is 101 Å². The van der Waals surface area contributed by atoms with E-state index in [1.54, 1.807) is 0 Å². The van der Waals surface area contributed by atoms with Crippen LogP contribution in [0.4, 0.5) is 11.9 Å². The topological polar surface area (TPSA) is 72.5 Å². The van der Waals surface area contributed by atoms with Gasteiger partial charge in [-0.1, -0.05) is 13.8 Å². The van der Waals surface area contributed by atoms with Crippen molar-refractivity contribution in [1.82, 2.24) is 30.5 Å². The Morgan fingerprint density at radius 3 is 1.45 bits per heavy atom. The number of hydrogen-bond acceptors (Lipinski definition) is 8. The lowest BCUT2D eigenvalue weighted by atomic mass is 9.76. The first-order valence-corrected chi connectivity index (χ1v) is 14.7. The molecular weight excluding hydrogens is 472 g/mol. The van der Waals surface area contributed by atoms with Gasteiger partial charge in [0.15, 0.2) is 5.82 Å². The number of nitrogens with zero attached hydrogens (tertiary/aromatic N) is 6. The fourth-order valence-corrected chi connectivity index (χ4v) is 7.74. The van der Waals surface area contributed by atoms with E-state index in [1.807, 2.05) is 19.0 Å². The molecular formula is C30H58N8. The predicted molar refractivity (Wildman–Crippen MR) is 161 cm³/mol. The van der Waals surface area contributed by atoms with Gasteiger partial charge < -0.3 is 20.4 Å². The Labute approximate surface area is 233 Å². The molecule has 0 aliphatic carbocycles. The van der Waals surface area contributed by atoms with Crippen LogP contribution in [-0.4, -0.2) is 82.3 Å². The molecule has 0 spiro atoms. The van der Waals surface area contributed by atoms with Crippen LogP contribution in [0, 0.1) is 0 Å². The van der Waals surface area contributed by atoms with Crippen molar-refractivity contribution >= 4 is 11.9 Å². The largest absolute Gasteiger partial charge is 0.347 e. The molecule has 0 bridgehead atoms. The molecule has 8 nitrogen and oxygen atoms in total. The second-order valence-electron chi connectivity index (χ2n) is 15.0. The number of hydrogen-bond donors (Lipinski definition) is 2. The number of anilines is 2. The molecule has 38 heavy (non-hydrogen) atoms. The van der Waals surface area contributed by atoms with Crippen LogP contribution in [0.2, 0.25) is 0 Å². The molecule has 0 unspecified atom stereocenters. The second-order valence-corrected chi connectivity index (χ2v) is 15.0. The zero-order valence-electron chi connectivity index (χ0n) is 27.1. The molecule has 0 amide bonds. The predicted octanol–water partition coefficient (Wildman–Crippen LogP) is 4.94. The van der Waals surface area contributed by atoms with E-state index in [2.05, 4.69) is 104 Å². The third-order valence-electron chi connectivity index (χ3n) is 9.02. The van der Waals surface area contributed by atoms with Crippen LogP contribution >= 0.6 is 0 Å². The van der Waals surface area contributed by atoms with E-state index in [4.69, 9.17) is 15.0 Å². The summed E-state index contributed by atoms with van der Waals surface area (Å²) in [6, 6.07) is 0.765. The minimum absolute atomic E-state index is 0.0480. The van der Waals surface area contributed by atoms with Gasteiger partial charge in [0, 0.05) is 55.4 Å². The number of aromatic nitrogens is 3. The van der Waals surface area contributed by atoms with Gasteiger partial charge in [-0.2, -0.15) is 15.0 Å². The molecule has 2 N–H and O–H groups in total. The van der Waals surface area contributed by atoms with Crippen LogP contribution in [0.1, 0.15) is 114 Å². The van der Waals surface area contributed by atoms with Crippen molar-refractivity contribution in [2.75, 3.05) is 38.0 Å². The van der Waals surface area contributed by atoms with Crippen LogP contribution in [0.5, 0.6) is 0 Å². The van der Waals surface area contributed by atoms with E-state index < -0.39 is 0 Å². The Kier molecular flexibility index (Phi) is 8.55. The maximum atomic E-state index is 5.29. The highest BCUT2D eigenvalue weighted by Gasteiger charge is 2.47. The minimum atomic E-state index is -0.274. The molecule has 2 fully saturated rings. The van der Waals surface area contributed by atoms with E-state index in [0.717, 1.165) is 56.2 Å². The van der Waals surface area contributed by atoms with Crippen molar-refractivity contribution in [3.63, 3.8) is 0 Å². The van der Waals surface area contributed by atoms with E-state index in [-0.39, 0.29) is 27.7 Å². The Hall–Kier alpha value is -1.51. The first-order valence-electron chi connectivity index (χ1n) is 14.7. The summed E-state index contributed by atoms with van der Waals surface area (Å²) in [5.41, 5.74) is -0.0353. The van der Waals surface area contributed by atoms with Gasteiger partial charge in [0.25, 0.3) is 0 Å². The van der Waals surface area contributed by atoms with Crippen molar-refractivity contribution < 1.29 is 0 Å². The van der Waals surface area contributed by atoms with Crippen LogP contribution in [0.3, 0.4) is 0 Å². The maximum Gasteiger partial charge on any atom is 0.230 e. The Balaban J connectivity index is 2.07. The first kappa shape index (κ1) is 31.0. The van der Waals surface area contributed by atoms with Gasteiger partial charge in [0.2, 0.25) is 11.9 Å². The normalized spacial score (nSPS) is 23.4. The number of rotatable bonds is 8. The zero-order valence-corrected chi connectivity index (χ0v) is 27.1. The molecule has 3 heterocycles. The van der Waals surface area contributed by atoms with Gasteiger partial charge in [-0.3, -0.25) is 4.90 Å². The molecule has 8 heteroatoms. The SMILES string of the molecule is CCC(CC)(c1nc(N(C)C)nc(N(C)C2CC(C)(C)NC(C)(C)C2)n1)N(C)C1CC(C)(C)NC(C)(C)C1. The van der Waals surface area contributed by atoms with Gasteiger partial charge in [-0.25, -0.2) is 0 Å². The average Bonchev–Trinajstić information content (AvgIpc) is 2.75. The summed E-state index contributed by atoms with van der Waals surface area (Å²) in [5, 5.41) is 7.67. The Morgan fingerprint density at radius 1 is 0.658 bits per heavy atom. The summed E-state index contributed by atoms with van der Waals surface area (Å²) < 4.78 is 0. The fourth-order valence-electron chi connectivity index (χ4n) is 7.74. The van der Waals surface area contributed by atoms with E-state index in [1.165, 1.54) is 0 Å². The van der Waals surface area contributed by atoms with E-state index in [9.17, 15) is 0 Å². The highest BCUT2D eigenvalue weighted by Crippen LogP contribution is 2.41. The van der Waals surface area contributed by atoms with E-state index in [0.29, 0.717) is 12.1 Å². The highest BCUT2D eigenvalue weighted by molar-refractivity contribution is 5.40. The van der Waals surface area contributed by atoms with Crippen LogP contribution in [0.25, 0.3) is 0 Å². The van der Waals surface area contributed by atoms with Crippen LogP contribution in [0.15, 0.2) is 0 Å². The molecule has 0 saturated carbocycles. The van der Waals surface area contributed by atoms with Crippen molar-refractivity contribution in [3.05, 3.63) is 5.82 Å². The van der Waals surface area contributed by atoms with Gasteiger partial charge in [0.1, 0.15) is 0 Å². The number of nitrogens with one attached hydrogen (secondary N) is 2. The quantitative estimate of drug-likeness (QED) is 0.490. The Bertz CT molecular complexity index is 931. The van der Waals surface area contributed by atoms with Crippen molar-refractivity contribution in [1.29, 1.82) is 0 Å². The molecule has 3 rings (SSSR count). The highest BCUT2D eigenvalue weighted by atomic mass is 15.4. The summed E-state index contributed by atoms with van der Waals surface area (Å²) >= 11 is 0. The summed E-state index contributed by atoms with van der Waals surface area (Å²) in [6.45, 7) is 23.1. The summed E-state index contributed by atoms with van der Waals surface area (Å²) in [5.74, 6) is 2.41. The molecule has 1 aromatic rings. The molecule has 2 aliphatic heterocycles. The fraction of sp³-hybridized carbons (Fsp3) is 0.900. The average molecular weight is 531 g/mol. The zero-order chi connectivity index (χ0) is 28.9. The summed E-state index contributed by atoms with van der Waals surface area (Å²) in [4.78, 5) is 22.3. The van der Waals surface area contributed by atoms with E-state index >= 15 is 0 Å².